The fraction of sp³-hybridized carbons (Fsp3) is 0.611. The second kappa shape index (κ2) is 8.12. The lowest BCUT2D eigenvalue weighted by Crippen LogP contribution is -2.43. The number of benzene rings is 1. The van der Waals surface area contributed by atoms with Crippen molar-refractivity contribution in [3.63, 3.8) is 0 Å². The maximum atomic E-state index is 14.0. The minimum Gasteiger partial charge on any atom is -0.444 e. The first-order valence-corrected chi connectivity index (χ1v) is 10.3. The van der Waals surface area contributed by atoms with Gasteiger partial charge in [-0.15, -0.1) is 3.89 Å². The summed E-state index contributed by atoms with van der Waals surface area (Å²) in [6.07, 6.45) is -0.718. The van der Waals surface area contributed by atoms with Crippen molar-refractivity contribution >= 4 is 22.0 Å². The topological polar surface area (TPSA) is 87.7 Å². The van der Waals surface area contributed by atoms with Gasteiger partial charge in [0.1, 0.15) is 10.5 Å². The van der Waals surface area contributed by atoms with Gasteiger partial charge >= 0.3 is 16.3 Å². The minimum atomic E-state index is -4.94. The smallest absolute Gasteiger partial charge is 0.412 e. The fourth-order valence-electron chi connectivity index (χ4n) is 3.12. The lowest BCUT2D eigenvalue weighted by atomic mass is 10.0. The molecular formula is C18H28FN3O4S. The van der Waals surface area contributed by atoms with Crippen LogP contribution in [0.15, 0.2) is 11.0 Å². The number of rotatable bonds is 4. The summed E-state index contributed by atoms with van der Waals surface area (Å²) in [5.41, 5.74) is 0.704. The van der Waals surface area contributed by atoms with Crippen LogP contribution in [0.3, 0.4) is 0 Å². The van der Waals surface area contributed by atoms with Crippen molar-refractivity contribution in [1.29, 1.82) is 0 Å². The van der Waals surface area contributed by atoms with Gasteiger partial charge in [0.25, 0.3) is 0 Å². The molecule has 1 aromatic carbocycles. The highest BCUT2D eigenvalue weighted by Gasteiger charge is 2.26. The average molecular weight is 402 g/mol. The van der Waals surface area contributed by atoms with E-state index in [1.54, 1.807) is 33.8 Å². The highest BCUT2D eigenvalue weighted by Crippen LogP contribution is 2.32. The average Bonchev–Trinajstić information content (AvgIpc) is 2.50. The number of hydrogen-bond donors (Lipinski definition) is 2. The van der Waals surface area contributed by atoms with E-state index >= 15 is 0 Å². The number of piperazine rings is 1. The highest BCUT2D eigenvalue weighted by atomic mass is 32.3. The van der Waals surface area contributed by atoms with Gasteiger partial charge in [-0.25, -0.2) is 4.79 Å². The number of nitrogens with one attached hydrogen (secondary N) is 2. The van der Waals surface area contributed by atoms with Crippen LogP contribution in [0.2, 0.25) is 0 Å². The van der Waals surface area contributed by atoms with Crippen LogP contribution in [0.5, 0.6) is 0 Å². The summed E-state index contributed by atoms with van der Waals surface area (Å²) in [6.45, 7) is 12.0. The van der Waals surface area contributed by atoms with E-state index in [0.29, 0.717) is 17.7 Å². The molecular weight excluding hydrogens is 373 g/mol. The lowest BCUT2D eigenvalue weighted by molar-refractivity contribution is 0.0635. The molecule has 0 unspecified atom stereocenters. The van der Waals surface area contributed by atoms with E-state index in [-0.39, 0.29) is 16.1 Å². The predicted molar refractivity (Wildman–Crippen MR) is 102 cm³/mol. The predicted octanol–water partition coefficient (Wildman–Crippen LogP) is 2.71. The Kier molecular flexibility index (Phi) is 6.49. The zero-order valence-corrected chi connectivity index (χ0v) is 17.3. The molecule has 7 nitrogen and oxygen atoms in total. The van der Waals surface area contributed by atoms with Crippen LogP contribution in [0, 0.1) is 13.8 Å². The molecule has 0 radical (unpaired) electrons. The second-order valence-electron chi connectivity index (χ2n) is 7.75. The van der Waals surface area contributed by atoms with Gasteiger partial charge in [0, 0.05) is 38.4 Å². The van der Waals surface area contributed by atoms with Crippen LogP contribution in [0.25, 0.3) is 0 Å². The monoisotopic (exact) mass is 401 g/mol. The number of ether oxygens (including phenoxy) is 1. The van der Waals surface area contributed by atoms with Crippen LogP contribution in [0.4, 0.5) is 14.4 Å². The summed E-state index contributed by atoms with van der Waals surface area (Å²) < 4.78 is 42.7. The van der Waals surface area contributed by atoms with E-state index in [1.807, 2.05) is 0 Å². The molecule has 2 rings (SSSR count). The van der Waals surface area contributed by atoms with E-state index < -0.39 is 21.9 Å². The fourth-order valence-corrected chi connectivity index (χ4v) is 4.10. The Labute approximate surface area is 160 Å². The quantitative estimate of drug-likeness (QED) is 0.755. The summed E-state index contributed by atoms with van der Waals surface area (Å²) in [5, 5.41) is 5.81. The van der Waals surface area contributed by atoms with Crippen LogP contribution in [-0.4, -0.2) is 51.2 Å². The molecule has 1 fully saturated rings. The van der Waals surface area contributed by atoms with Crippen molar-refractivity contribution in [3.05, 3.63) is 22.8 Å². The molecule has 152 valence electrons. The van der Waals surface area contributed by atoms with Gasteiger partial charge in [0.2, 0.25) is 0 Å². The number of carbonyl (C=O) groups excluding carboxylic acids is 1. The van der Waals surface area contributed by atoms with Crippen molar-refractivity contribution < 1.29 is 21.8 Å². The summed E-state index contributed by atoms with van der Waals surface area (Å²) in [4.78, 5) is 13.9. The summed E-state index contributed by atoms with van der Waals surface area (Å²) in [7, 11) is -4.94. The Balaban J connectivity index is 2.43. The van der Waals surface area contributed by atoms with Gasteiger partial charge in [-0.1, -0.05) is 0 Å². The second-order valence-corrected chi connectivity index (χ2v) is 9.04. The van der Waals surface area contributed by atoms with Gasteiger partial charge in [0.05, 0.1) is 0 Å². The first-order valence-electron chi connectivity index (χ1n) is 8.89. The van der Waals surface area contributed by atoms with Gasteiger partial charge in [-0.05, 0) is 57.4 Å². The van der Waals surface area contributed by atoms with Crippen molar-refractivity contribution in [2.45, 2.75) is 51.7 Å². The Morgan fingerprint density at radius 2 is 1.85 bits per heavy atom. The Morgan fingerprint density at radius 1 is 1.26 bits per heavy atom. The number of nitrogens with zero attached hydrogens (tertiary/aromatic N) is 1. The molecule has 27 heavy (non-hydrogen) atoms. The molecule has 1 saturated heterocycles. The molecule has 0 saturated carbocycles. The van der Waals surface area contributed by atoms with Gasteiger partial charge < -0.3 is 10.1 Å². The van der Waals surface area contributed by atoms with E-state index in [1.165, 1.54) is 6.92 Å². The molecule has 0 bridgehead atoms. The van der Waals surface area contributed by atoms with Gasteiger partial charge in [-0.2, -0.15) is 8.42 Å². The molecule has 1 amide bonds. The van der Waals surface area contributed by atoms with Crippen molar-refractivity contribution in [2.75, 3.05) is 31.5 Å². The number of carbonyl (C=O) groups is 1. The van der Waals surface area contributed by atoms with E-state index in [9.17, 15) is 17.1 Å². The third-order valence-electron chi connectivity index (χ3n) is 4.37. The summed E-state index contributed by atoms with van der Waals surface area (Å²) in [6, 6.07) is 1.70. The molecule has 9 heteroatoms. The number of hydrogen-bond acceptors (Lipinski definition) is 6. The van der Waals surface area contributed by atoms with Crippen LogP contribution >= 0.6 is 0 Å². The zero-order valence-electron chi connectivity index (χ0n) is 16.5. The first-order chi connectivity index (χ1) is 12.4. The maximum Gasteiger partial charge on any atom is 0.412 e. The van der Waals surface area contributed by atoms with Crippen molar-refractivity contribution in [2.24, 2.45) is 0 Å². The van der Waals surface area contributed by atoms with Gasteiger partial charge in [0.15, 0.2) is 0 Å². The number of halogens is 1. The SMILES string of the molecule is Cc1c(CN2CCNCC2)cc(NC(=O)OC(C)(C)C)c(C)c1S(=O)(=O)F. The molecule has 1 aromatic rings. The van der Waals surface area contributed by atoms with Crippen molar-refractivity contribution in [1.82, 2.24) is 10.2 Å². The van der Waals surface area contributed by atoms with Crippen LogP contribution < -0.4 is 10.6 Å². The number of amides is 1. The summed E-state index contributed by atoms with van der Waals surface area (Å²) >= 11 is 0. The molecule has 0 atom stereocenters. The van der Waals surface area contributed by atoms with E-state index in [4.69, 9.17) is 4.74 Å². The Morgan fingerprint density at radius 3 is 2.37 bits per heavy atom. The van der Waals surface area contributed by atoms with Gasteiger partial charge in [-0.3, -0.25) is 10.2 Å². The maximum absolute atomic E-state index is 14.0. The van der Waals surface area contributed by atoms with E-state index in [0.717, 1.165) is 26.2 Å². The largest absolute Gasteiger partial charge is 0.444 e. The van der Waals surface area contributed by atoms with Crippen LogP contribution in [-0.2, 0) is 21.5 Å². The molecule has 0 aromatic heterocycles. The van der Waals surface area contributed by atoms with Crippen molar-refractivity contribution in [3.8, 4) is 0 Å². The molecule has 1 heterocycles. The summed E-state index contributed by atoms with van der Waals surface area (Å²) in [5.74, 6) is 0. The molecule has 2 N–H and O–H groups in total. The Hall–Kier alpha value is -1.71. The first kappa shape index (κ1) is 21.6. The Bertz CT molecular complexity index is 813. The third kappa shape index (κ3) is 5.88. The lowest BCUT2D eigenvalue weighted by Gasteiger charge is -2.28. The number of anilines is 1. The normalized spacial score (nSPS) is 16.2. The molecule has 1 aliphatic rings. The molecule has 0 spiro atoms. The molecule has 1 aliphatic heterocycles. The minimum absolute atomic E-state index is 0.157. The standard InChI is InChI=1S/C18H28FN3O4S/c1-12-14(11-22-8-6-20-7-9-22)10-15(13(2)16(12)27(19,24)25)21-17(23)26-18(3,4)5/h10,20H,6-9,11H2,1-5H3,(H,21,23). The van der Waals surface area contributed by atoms with E-state index in [2.05, 4.69) is 15.5 Å². The molecule has 0 aliphatic carbocycles. The van der Waals surface area contributed by atoms with Crippen LogP contribution in [0.1, 0.15) is 37.5 Å². The highest BCUT2D eigenvalue weighted by molar-refractivity contribution is 7.86. The third-order valence-corrected chi connectivity index (χ3v) is 5.47. The zero-order chi connectivity index (χ0) is 20.4.